The fraction of sp³-hybridized carbons (Fsp3) is 0.357. The van der Waals surface area contributed by atoms with E-state index in [-0.39, 0.29) is 5.91 Å². The molecule has 4 heteroatoms. The minimum Gasteiger partial charge on any atom is -0.364 e. The molecule has 0 radical (unpaired) electrons. The van der Waals surface area contributed by atoms with Gasteiger partial charge in [-0.25, -0.2) is 0 Å². The van der Waals surface area contributed by atoms with Gasteiger partial charge < -0.3 is 15.6 Å². The van der Waals surface area contributed by atoms with Crippen molar-refractivity contribution in [3.8, 4) is 0 Å². The zero-order valence-electron chi connectivity index (χ0n) is 10.4. The number of hydrogen-bond donors (Lipinski definition) is 2. The highest BCUT2D eigenvalue weighted by Gasteiger charge is 2.27. The molecule has 0 bridgehead atoms. The van der Waals surface area contributed by atoms with Crippen molar-refractivity contribution in [2.24, 2.45) is 12.8 Å². The fourth-order valence-corrected chi connectivity index (χ4v) is 3.03. The summed E-state index contributed by atoms with van der Waals surface area (Å²) < 4.78 is 1.92. The Morgan fingerprint density at radius 3 is 2.89 bits per heavy atom. The van der Waals surface area contributed by atoms with Crippen molar-refractivity contribution in [1.29, 1.82) is 0 Å². The highest BCUT2D eigenvalue weighted by molar-refractivity contribution is 6.01. The van der Waals surface area contributed by atoms with Crippen LogP contribution < -0.4 is 11.1 Å². The largest absolute Gasteiger partial charge is 0.364 e. The number of amides is 1. The minimum absolute atomic E-state index is 0.337. The molecule has 0 spiro atoms. The van der Waals surface area contributed by atoms with Crippen LogP contribution in [0.25, 0.3) is 10.9 Å². The molecule has 18 heavy (non-hydrogen) atoms. The summed E-state index contributed by atoms with van der Waals surface area (Å²) in [6.07, 6.45) is 1.06. The number of carbonyl (C=O) groups is 1. The number of carbonyl (C=O) groups excluding carboxylic acids is 1. The third-order valence-electron chi connectivity index (χ3n) is 3.85. The standard InChI is InChI=1S/C14H17N3O/c1-17-11-5-3-2-4-10(11)12(13(17)14(15)18)9-6-7-16-8-9/h2-5,9,16H,6-8H2,1H3,(H2,15,18)/t9-/m0/s1. The lowest BCUT2D eigenvalue weighted by atomic mass is 9.95. The minimum atomic E-state index is -0.337. The number of aromatic nitrogens is 1. The van der Waals surface area contributed by atoms with Gasteiger partial charge in [-0.05, 0) is 24.6 Å². The zero-order valence-corrected chi connectivity index (χ0v) is 10.4. The number of para-hydroxylation sites is 1. The van der Waals surface area contributed by atoms with Crippen molar-refractivity contribution in [3.63, 3.8) is 0 Å². The van der Waals surface area contributed by atoms with Gasteiger partial charge in [-0.2, -0.15) is 0 Å². The Bertz CT molecular complexity index is 609. The molecule has 2 aromatic rings. The maximum absolute atomic E-state index is 11.7. The maximum atomic E-state index is 11.7. The first-order valence-corrected chi connectivity index (χ1v) is 6.28. The molecule has 3 N–H and O–H groups in total. The Balaban J connectivity index is 2.32. The predicted molar refractivity (Wildman–Crippen MR) is 71.7 cm³/mol. The highest BCUT2D eigenvalue weighted by atomic mass is 16.1. The number of nitrogens with zero attached hydrogens (tertiary/aromatic N) is 1. The lowest BCUT2D eigenvalue weighted by Gasteiger charge is -2.10. The van der Waals surface area contributed by atoms with Gasteiger partial charge in [0, 0.05) is 30.4 Å². The SMILES string of the molecule is Cn1c(C(N)=O)c([C@H]2CCNC2)c2ccccc21. The van der Waals surface area contributed by atoms with E-state index in [4.69, 9.17) is 5.73 Å². The van der Waals surface area contributed by atoms with Gasteiger partial charge in [0.2, 0.25) is 0 Å². The van der Waals surface area contributed by atoms with Crippen LogP contribution in [0.15, 0.2) is 24.3 Å². The van der Waals surface area contributed by atoms with Crippen LogP contribution in [0.2, 0.25) is 0 Å². The Hall–Kier alpha value is -1.81. The molecule has 0 unspecified atom stereocenters. The summed E-state index contributed by atoms with van der Waals surface area (Å²) in [5.41, 5.74) is 8.42. The molecule has 1 atom stereocenters. The number of primary amides is 1. The summed E-state index contributed by atoms with van der Waals surface area (Å²) in [5, 5.41) is 4.50. The Kier molecular flexibility index (Phi) is 2.59. The lowest BCUT2D eigenvalue weighted by molar-refractivity contribution is 0.0991. The first kappa shape index (κ1) is 11.3. The van der Waals surface area contributed by atoms with E-state index >= 15 is 0 Å². The first-order valence-electron chi connectivity index (χ1n) is 6.28. The van der Waals surface area contributed by atoms with E-state index < -0.39 is 0 Å². The average Bonchev–Trinajstić information content (AvgIpc) is 2.96. The highest BCUT2D eigenvalue weighted by Crippen LogP contribution is 2.34. The summed E-state index contributed by atoms with van der Waals surface area (Å²) in [4.78, 5) is 11.7. The van der Waals surface area contributed by atoms with Crippen LogP contribution in [0.4, 0.5) is 0 Å². The molecular formula is C14H17N3O. The summed E-state index contributed by atoms with van der Waals surface area (Å²) in [7, 11) is 1.91. The second-order valence-electron chi connectivity index (χ2n) is 4.89. The van der Waals surface area contributed by atoms with E-state index in [9.17, 15) is 4.79 Å². The van der Waals surface area contributed by atoms with Gasteiger partial charge >= 0.3 is 0 Å². The Labute approximate surface area is 106 Å². The smallest absolute Gasteiger partial charge is 0.265 e. The number of nitrogens with one attached hydrogen (secondary N) is 1. The molecule has 1 aromatic heterocycles. The van der Waals surface area contributed by atoms with E-state index in [0.29, 0.717) is 11.6 Å². The van der Waals surface area contributed by atoms with Crippen molar-refractivity contribution in [3.05, 3.63) is 35.5 Å². The molecule has 2 heterocycles. The quantitative estimate of drug-likeness (QED) is 0.836. The topological polar surface area (TPSA) is 60.0 Å². The van der Waals surface area contributed by atoms with Crippen LogP contribution in [-0.4, -0.2) is 23.6 Å². The van der Waals surface area contributed by atoms with Gasteiger partial charge in [0.1, 0.15) is 5.69 Å². The Morgan fingerprint density at radius 2 is 2.22 bits per heavy atom. The van der Waals surface area contributed by atoms with Crippen LogP contribution >= 0.6 is 0 Å². The third-order valence-corrected chi connectivity index (χ3v) is 3.85. The summed E-state index contributed by atoms with van der Waals surface area (Å²) in [6, 6.07) is 8.12. The van der Waals surface area contributed by atoms with Gasteiger partial charge in [-0.1, -0.05) is 18.2 Å². The molecule has 3 rings (SSSR count). The average molecular weight is 243 g/mol. The second kappa shape index (κ2) is 4.14. The number of hydrogen-bond acceptors (Lipinski definition) is 2. The molecule has 1 amide bonds. The van der Waals surface area contributed by atoms with Gasteiger partial charge in [0.15, 0.2) is 0 Å². The molecule has 4 nitrogen and oxygen atoms in total. The van der Waals surface area contributed by atoms with Crippen LogP contribution in [0.5, 0.6) is 0 Å². The van der Waals surface area contributed by atoms with Gasteiger partial charge in [-0.3, -0.25) is 4.79 Å². The van der Waals surface area contributed by atoms with E-state index in [0.717, 1.165) is 36.0 Å². The molecule has 1 fully saturated rings. The zero-order chi connectivity index (χ0) is 12.7. The van der Waals surface area contributed by atoms with Crippen LogP contribution in [0.1, 0.15) is 28.4 Å². The van der Waals surface area contributed by atoms with Gasteiger partial charge in [0.05, 0.1) is 0 Å². The number of nitrogens with two attached hydrogens (primary N) is 1. The van der Waals surface area contributed by atoms with Crippen LogP contribution in [0.3, 0.4) is 0 Å². The molecule has 1 saturated heterocycles. The van der Waals surface area contributed by atoms with Crippen molar-refractivity contribution in [1.82, 2.24) is 9.88 Å². The van der Waals surface area contributed by atoms with E-state index in [1.807, 2.05) is 29.8 Å². The summed E-state index contributed by atoms with van der Waals surface area (Å²) in [6.45, 7) is 1.93. The molecule has 0 saturated carbocycles. The lowest BCUT2D eigenvalue weighted by Crippen LogP contribution is -2.19. The van der Waals surface area contributed by atoms with Crippen molar-refractivity contribution in [2.75, 3.05) is 13.1 Å². The van der Waals surface area contributed by atoms with Crippen molar-refractivity contribution < 1.29 is 4.79 Å². The molecule has 1 aromatic carbocycles. The fourth-order valence-electron chi connectivity index (χ4n) is 3.03. The number of rotatable bonds is 2. The van der Waals surface area contributed by atoms with Gasteiger partial charge in [-0.15, -0.1) is 0 Å². The maximum Gasteiger partial charge on any atom is 0.265 e. The molecule has 1 aliphatic heterocycles. The molecule has 94 valence electrons. The molecular weight excluding hydrogens is 226 g/mol. The van der Waals surface area contributed by atoms with E-state index in [1.165, 1.54) is 0 Å². The first-order chi connectivity index (χ1) is 8.70. The number of fused-ring (bicyclic) bond motifs is 1. The summed E-state index contributed by atoms with van der Waals surface area (Å²) >= 11 is 0. The van der Waals surface area contributed by atoms with Crippen LogP contribution in [0, 0.1) is 0 Å². The second-order valence-corrected chi connectivity index (χ2v) is 4.89. The third kappa shape index (κ3) is 1.53. The summed E-state index contributed by atoms with van der Waals surface area (Å²) in [5.74, 6) is 0.0502. The Morgan fingerprint density at radius 1 is 1.44 bits per heavy atom. The predicted octanol–water partition coefficient (Wildman–Crippen LogP) is 1.35. The van der Waals surface area contributed by atoms with Crippen molar-refractivity contribution >= 4 is 16.8 Å². The van der Waals surface area contributed by atoms with Gasteiger partial charge in [0.25, 0.3) is 5.91 Å². The van der Waals surface area contributed by atoms with Crippen LogP contribution in [-0.2, 0) is 7.05 Å². The molecule has 0 aliphatic carbocycles. The monoisotopic (exact) mass is 243 g/mol. The number of benzene rings is 1. The van der Waals surface area contributed by atoms with Crippen molar-refractivity contribution in [2.45, 2.75) is 12.3 Å². The molecule has 1 aliphatic rings. The normalized spacial score (nSPS) is 19.5. The van der Waals surface area contributed by atoms with E-state index in [2.05, 4.69) is 11.4 Å². The number of aryl methyl sites for hydroxylation is 1. The van der Waals surface area contributed by atoms with E-state index in [1.54, 1.807) is 0 Å².